The van der Waals surface area contributed by atoms with Gasteiger partial charge >= 0.3 is 0 Å². The van der Waals surface area contributed by atoms with Crippen molar-refractivity contribution in [2.45, 2.75) is 48.3 Å². The van der Waals surface area contributed by atoms with E-state index < -0.39 is 0 Å². The van der Waals surface area contributed by atoms with E-state index in [9.17, 15) is 4.79 Å². The van der Waals surface area contributed by atoms with Crippen molar-refractivity contribution in [3.05, 3.63) is 24.3 Å². The van der Waals surface area contributed by atoms with Crippen LogP contribution in [0.3, 0.4) is 0 Å². The standard InChI is InChI=1S/C17H24N2O2S/c20-17(11-13-12-21-10-9-18-13)19-15-7-3-4-8-16(15)22-14-5-1-2-6-14/h3-4,7-8,13-14,18H,1-2,5-6,9-12H2,(H,19,20). The van der Waals surface area contributed by atoms with Crippen molar-refractivity contribution in [3.8, 4) is 0 Å². The molecule has 1 aliphatic heterocycles. The number of carbonyl (C=O) groups excluding carboxylic acids is 1. The van der Waals surface area contributed by atoms with Crippen LogP contribution in [0.15, 0.2) is 29.2 Å². The summed E-state index contributed by atoms with van der Waals surface area (Å²) in [5, 5.41) is 7.09. The molecule has 2 fully saturated rings. The van der Waals surface area contributed by atoms with E-state index in [0.29, 0.717) is 18.3 Å². The second-order valence-electron chi connectivity index (χ2n) is 6.00. The number of hydrogen-bond acceptors (Lipinski definition) is 4. The Labute approximate surface area is 136 Å². The summed E-state index contributed by atoms with van der Waals surface area (Å²) in [6.45, 7) is 2.18. The first-order valence-electron chi connectivity index (χ1n) is 8.18. The largest absolute Gasteiger partial charge is 0.378 e. The molecule has 4 nitrogen and oxygen atoms in total. The van der Waals surface area contributed by atoms with Gasteiger partial charge in [0.25, 0.3) is 0 Å². The van der Waals surface area contributed by atoms with Gasteiger partial charge in [-0.1, -0.05) is 25.0 Å². The van der Waals surface area contributed by atoms with Crippen molar-refractivity contribution in [3.63, 3.8) is 0 Å². The molecule has 120 valence electrons. The fourth-order valence-corrected chi connectivity index (χ4v) is 4.37. The molecular weight excluding hydrogens is 296 g/mol. The van der Waals surface area contributed by atoms with Gasteiger partial charge in [0.1, 0.15) is 0 Å². The van der Waals surface area contributed by atoms with Crippen LogP contribution in [0, 0.1) is 0 Å². The minimum Gasteiger partial charge on any atom is -0.378 e. The van der Waals surface area contributed by atoms with Crippen molar-refractivity contribution >= 4 is 23.4 Å². The minimum absolute atomic E-state index is 0.0578. The van der Waals surface area contributed by atoms with E-state index in [2.05, 4.69) is 16.7 Å². The van der Waals surface area contributed by atoms with E-state index in [1.807, 2.05) is 30.0 Å². The number of rotatable bonds is 5. The Balaban J connectivity index is 1.57. The van der Waals surface area contributed by atoms with Gasteiger partial charge in [0.05, 0.1) is 18.9 Å². The zero-order valence-electron chi connectivity index (χ0n) is 12.8. The Kier molecular flexibility index (Phi) is 5.76. The summed E-state index contributed by atoms with van der Waals surface area (Å²) in [5.74, 6) is 0.0578. The highest BCUT2D eigenvalue weighted by atomic mass is 32.2. The first-order chi connectivity index (χ1) is 10.8. The van der Waals surface area contributed by atoms with Gasteiger partial charge in [-0.2, -0.15) is 0 Å². The molecule has 1 saturated carbocycles. The van der Waals surface area contributed by atoms with E-state index in [4.69, 9.17) is 4.74 Å². The number of morpholine rings is 1. The summed E-state index contributed by atoms with van der Waals surface area (Å²) in [5.41, 5.74) is 0.945. The van der Waals surface area contributed by atoms with Crippen LogP contribution >= 0.6 is 11.8 Å². The maximum Gasteiger partial charge on any atom is 0.226 e. The lowest BCUT2D eigenvalue weighted by atomic mass is 10.2. The molecule has 1 amide bonds. The number of hydrogen-bond donors (Lipinski definition) is 2. The van der Waals surface area contributed by atoms with E-state index in [0.717, 1.165) is 18.8 Å². The van der Waals surface area contributed by atoms with Crippen LogP contribution in [0.2, 0.25) is 0 Å². The third-order valence-electron chi connectivity index (χ3n) is 4.19. The van der Waals surface area contributed by atoms with Gasteiger partial charge < -0.3 is 15.4 Å². The van der Waals surface area contributed by atoms with Gasteiger partial charge in [0, 0.05) is 29.2 Å². The van der Waals surface area contributed by atoms with Gasteiger partial charge in [-0.15, -0.1) is 11.8 Å². The molecule has 5 heteroatoms. The van der Waals surface area contributed by atoms with E-state index in [-0.39, 0.29) is 11.9 Å². The maximum absolute atomic E-state index is 12.3. The van der Waals surface area contributed by atoms with Gasteiger partial charge in [-0.3, -0.25) is 4.79 Å². The molecule has 1 heterocycles. The molecule has 1 unspecified atom stereocenters. The Hall–Kier alpha value is -1.04. The third kappa shape index (κ3) is 4.48. The SMILES string of the molecule is O=C(CC1COCCN1)Nc1ccccc1SC1CCCC1. The normalized spacial score (nSPS) is 22.6. The predicted octanol–water partition coefficient (Wildman–Crippen LogP) is 3.04. The van der Waals surface area contributed by atoms with Crippen molar-refractivity contribution in [2.24, 2.45) is 0 Å². The second-order valence-corrected chi connectivity index (χ2v) is 7.34. The van der Waals surface area contributed by atoms with Gasteiger partial charge in [0.15, 0.2) is 0 Å². The first-order valence-corrected chi connectivity index (χ1v) is 9.06. The van der Waals surface area contributed by atoms with Crippen molar-refractivity contribution in [1.29, 1.82) is 0 Å². The zero-order chi connectivity index (χ0) is 15.2. The van der Waals surface area contributed by atoms with E-state index in [1.54, 1.807) is 0 Å². The summed E-state index contributed by atoms with van der Waals surface area (Å²) < 4.78 is 5.40. The molecule has 1 aromatic carbocycles. The summed E-state index contributed by atoms with van der Waals surface area (Å²) in [6, 6.07) is 8.27. The summed E-state index contributed by atoms with van der Waals surface area (Å²) >= 11 is 1.91. The summed E-state index contributed by atoms with van der Waals surface area (Å²) in [6.07, 6.45) is 5.70. The van der Waals surface area contributed by atoms with Crippen LogP contribution < -0.4 is 10.6 Å². The zero-order valence-corrected chi connectivity index (χ0v) is 13.7. The molecule has 2 N–H and O–H groups in total. The first kappa shape index (κ1) is 15.8. The fourth-order valence-electron chi connectivity index (χ4n) is 3.03. The number of ether oxygens (including phenoxy) is 1. The van der Waals surface area contributed by atoms with Crippen molar-refractivity contribution in [2.75, 3.05) is 25.1 Å². The van der Waals surface area contributed by atoms with Gasteiger partial charge in [-0.05, 0) is 25.0 Å². The Bertz CT molecular complexity index is 497. The predicted molar refractivity (Wildman–Crippen MR) is 90.4 cm³/mol. The Morgan fingerprint density at radius 1 is 1.32 bits per heavy atom. The van der Waals surface area contributed by atoms with Crippen molar-refractivity contribution in [1.82, 2.24) is 5.32 Å². The minimum atomic E-state index is 0.0578. The highest BCUT2D eigenvalue weighted by molar-refractivity contribution is 8.00. The van der Waals surface area contributed by atoms with Crippen LogP contribution in [-0.2, 0) is 9.53 Å². The summed E-state index contributed by atoms with van der Waals surface area (Å²) in [7, 11) is 0. The number of thioether (sulfide) groups is 1. The van der Waals surface area contributed by atoms with Crippen LogP contribution in [-0.4, -0.2) is 37.0 Å². The Morgan fingerprint density at radius 2 is 2.14 bits per heavy atom. The second kappa shape index (κ2) is 7.99. The van der Waals surface area contributed by atoms with Crippen LogP contribution in [0.5, 0.6) is 0 Å². The molecule has 1 aliphatic carbocycles. The average Bonchev–Trinajstić information content (AvgIpc) is 3.03. The third-order valence-corrected chi connectivity index (χ3v) is 5.60. The molecule has 0 spiro atoms. The molecule has 3 rings (SSSR count). The van der Waals surface area contributed by atoms with Crippen molar-refractivity contribution < 1.29 is 9.53 Å². The van der Waals surface area contributed by atoms with Crippen LogP contribution in [0.25, 0.3) is 0 Å². The maximum atomic E-state index is 12.3. The summed E-state index contributed by atoms with van der Waals surface area (Å²) in [4.78, 5) is 13.4. The lowest BCUT2D eigenvalue weighted by Gasteiger charge is -2.23. The number of benzene rings is 1. The quantitative estimate of drug-likeness (QED) is 0.875. The number of carbonyl (C=O) groups is 1. The molecule has 2 aliphatic rings. The molecule has 0 radical (unpaired) electrons. The number of nitrogens with one attached hydrogen (secondary N) is 2. The van der Waals surface area contributed by atoms with E-state index in [1.165, 1.54) is 30.6 Å². The molecule has 0 bridgehead atoms. The van der Waals surface area contributed by atoms with Gasteiger partial charge in [0.2, 0.25) is 5.91 Å². The topological polar surface area (TPSA) is 50.4 Å². The van der Waals surface area contributed by atoms with Gasteiger partial charge in [-0.25, -0.2) is 0 Å². The highest BCUT2D eigenvalue weighted by Crippen LogP contribution is 2.38. The Morgan fingerprint density at radius 3 is 2.91 bits per heavy atom. The highest BCUT2D eigenvalue weighted by Gasteiger charge is 2.20. The number of amides is 1. The monoisotopic (exact) mass is 320 g/mol. The number of anilines is 1. The lowest BCUT2D eigenvalue weighted by molar-refractivity contribution is -0.117. The molecule has 22 heavy (non-hydrogen) atoms. The molecular formula is C17H24N2O2S. The molecule has 1 saturated heterocycles. The molecule has 1 aromatic rings. The lowest BCUT2D eigenvalue weighted by Crippen LogP contribution is -2.43. The van der Waals surface area contributed by atoms with E-state index >= 15 is 0 Å². The molecule has 0 aromatic heterocycles. The fraction of sp³-hybridized carbons (Fsp3) is 0.588. The van der Waals surface area contributed by atoms with Crippen LogP contribution in [0.4, 0.5) is 5.69 Å². The average molecular weight is 320 g/mol. The van der Waals surface area contributed by atoms with Crippen LogP contribution in [0.1, 0.15) is 32.1 Å². The smallest absolute Gasteiger partial charge is 0.226 e. The molecule has 1 atom stereocenters. The number of para-hydroxylation sites is 1.